The lowest BCUT2D eigenvalue weighted by Crippen LogP contribution is -2.43. The molecule has 1 saturated heterocycles. The van der Waals surface area contributed by atoms with Gasteiger partial charge in [0.25, 0.3) is 5.91 Å². The topological polar surface area (TPSA) is 88.4 Å². The van der Waals surface area contributed by atoms with Crippen LogP contribution in [0.4, 0.5) is 0 Å². The molecule has 7 heteroatoms. The second-order valence-electron chi connectivity index (χ2n) is 5.78. The molecule has 0 radical (unpaired) electrons. The molecule has 0 aliphatic carbocycles. The number of halogens is 1. The van der Waals surface area contributed by atoms with Gasteiger partial charge in [0.15, 0.2) is 0 Å². The zero-order valence-electron chi connectivity index (χ0n) is 12.9. The summed E-state index contributed by atoms with van der Waals surface area (Å²) in [5, 5.41) is 1.29. The number of hydrogen-bond donors (Lipinski definition) is 2. The molecule has 1 aliphatic rings. The number of nitrogens with one attached hydrogen (secondary N) is 1. The van der Waals surface area contributed by atoms with Gasteiger partial charge in [0, 0.05) is 41.7 Å². The van der Waals surface area contributed by atoms with Crippen molar-refractivity contribution in [2.75, 3.05) is 13.7 Å². The maximum absolute atomic E-state index is 13.0. The van der Waals surface area contributed by atoms with Gasteiger partial charge in [-0.2, -0.15) is 0 Å². The molecule has 2 atom stereocenters. The summed E-state index contributed by atoms with van der Waals surface area (Å²) in [6.07, 6.45) is 0.227. The Balaban J connectivity index is 2.04. The lowest BCUT2D eigenvalue weighted by Gasteiger charge is -2.22. The summed E-state index contributed by atoms with van der Waals surface area (Å²) in [5.41, 5.74) is 7.53. The summed E-state index contributed by atoms with van der Waals surface area (Å²) >= 11 is 6.06. The molecule has 2 amide bonds. The minimum absolute atomic E-state index is 0.189. The molecule has 3 N–H and O–H groups in total. The molecular formula is C16H18ClN3O3. The van der Waals surface area contributed by atoms with E-state index in [-0.39, 0.29) is 12.0 Å². The third-order valence-electron chi connectivity index (χ3n) is 4.35. The third kappa shape index (κ3) is 2.68. The summed E-state index contributed by atoms with van der Waals surface area (Å²) in [6.45, 7) is 2.17. The molecule has 0 bridgehead atoms. The van der Waals surface area contributed by atoms with Crippen molar-refractivity contribution in [1.29, 1.82) is 0 Å². The molecule has 23 heavy (non-hydrogen) atoms. The average Bonchev–Trinajstić information content (AvgIpc) is 3.07. The molecular weight excluding hydrogens is 318 g/mol. The number of ether oxygens (including phenoxy) is 1. The van der Waals surface area contributed by atoms with E-state index in [1.807, 2.05) is 13.0 Å². The van der Waals surface area contributed by atoms with Crippen LogP contribution in [0.15, 0.2) is 18.2 Å². The van der Waals surface area contributed by atoms with Gasteiger partial charge in [-0.05, 0) is 25.1 Å². The Morgan fingerprint density at radius 1 is 1.43 bits per heavy atom. The van der Waals surface area contributed by atoms with Crippen molar-refractivity contribution >= 4 is 34.3 Å². The van der Waals surface area contributed by atoms with E-state index in [4.69, 9.17) is 22.1 Å². The van der Waals surface area contributed by atoms with Crippen LogP contribution in [0, 0.1) is 6.92 Å². The fraction of sp³-hybridized carbons (Fsp3) is 0.375. The van der Waals surface area contributed by atoms with Gasteiger partial charge in [0.05, 0.1) is 11.7 Å². The number of H-pyrrole nitrogens is 1. The molecule has 3 rings (SSSR count). The van der Waals surface area contributed by atoms with Crippen molar-refractivity contribution in [3.8, 4) is 0 Å². The number of likely N-dealkylation sites (tertiary alicyclic amines) is 1. The summed E-state index contributed by atoms with van der Waals surface area (Å²) < 4.78 is 5.30. The predicted octanol–water partition coefficient (Wildman–Crippen LogP) is 1.84. The molecule has 1 aromatic carbocycles. The molecule has 0 spiro atoms. The van der Waals surface area contributed by atoms with Crippen LogP contribution in [0.5, 0.6) is 0 Å². The Morgan fingerprint density at radius 3 is 2.83 bits per heavy atom. The molecule has 0 saturated carbocycles. The van der Waals surface area contributed by atoms with Gasteiger partial charge in [-0.3, -0.25) is 9.59 Å². The van der Waals surface area contributed by atoms with E-state index in [1.165, 1.54) is 4.90 Å². The maximum atomic E-state index is 13.0. The number of carbonyl (C=O) groups excluding carboxylic acids is 2. The molecule has 2 heterocycles. The van der Waals surface area contributed by atoms with Crippen molar-refractivity contribution in [1.82, 2.24) is 9.88 Å². The van der Waals surface area contributed by atoms with E-state index in [0.717, 1.165) is 16.6 Å². The Labute approximate surface area is 138 Å². The van der Waals surface area contributed by atoms with Crippen LogP contribution in [-0.2, 0) is 9.53 Å². The standard InChI is InChI=1S/C16H18ClN3O3/c1-8-14(11-5-9(17)3-4-12(11)19-8)16(22)20-7-10(23-2)6-13(20)15(18)21/h3-5,10,13,19H,6-7H2,1-2H3,(H2,18,21)/t10-,13-/m0/s1. The molecule has 1 aliphatic heterocycles. The number of aromatic nitrogens is 1. The number of fused-ring (bicyclic) bond motifs is 1. The van der Waals surface area contributed by atoms with E-state index >= 15 is 0 Å². The Bertz CT molecular complexity index is 786. The lowest BCUT2D eigenvalue weighted by atomic mass is 10.1. The Morgan fingerprint density at radius 2 is 2.17 bits per heavy atom. The fourth-order valence-electron chi connectivity index (χ4n) is 3.18. The highest BCUT2D eigenvalue weighted by Crippen LogP contribution is 2.29. The number of hydrogen-bond acceptors (Lipinski definition) is 3. The molecule has 0 unspecified atom stereocenters. The first-order valence-electron chi connectivity index (χ1n) is 7.33. The minimum Gasteiger partial charge on any atom is -0.380 e. The largest absolute Gasteiger partial charge is 0.380 e. The fourth-order valence-corrected chi connectivity index (χ4v) is 3.35. The smallest absolute Gasteiger partial charge is 0.257 e. The van der Waals surface area contributed by atoms with Crippen molar-refractivity contribution in [3.05, 3.63) is 34.5 Å². The van der Waals surface area contributed by atoms with Gasteiger partial charge in [-0.15, -0.1) is 0 Å². The molecule has 1 aromatic heterocycles. The minimum atomic E-state index is -0.656. The number of nitrogens with two attached hydrogens (primary N) is 1. The van der Waals surface area contributed by atoms with Gasteiger partial charge in [-0.25, -0.2) is 0 Å². The number of primary amides is 1. The number of nitrogens with zero attached hydrogens (tertiary/aromatic N) is 1. The second-order valence-corrected chi connectivity index (χ2v) is 6.22. The molecule has 2 aromatic rings. The molecule has 122 valence electrons. The number of benzene rings is 1. The van der Waals surface area contributed by atoms with Gasteiger partial charge in [0.1, 0.15) is 6.04 Å². The number of carbonyl (C=O) groups is 2. The Kier molecular flexibility index (Phi) is 4.04. The highest BCUT2D eigenvalue weighted by Gasteiger charge is 2.40. The normalized spacial score (nSPS) is 21.1. The van der Waals surface area contributed by atoms with Crippen LogP contribution in [0.3, 0.4) is 0 Å². The predicted molar refractivity (Wildman–Crippen MR) is 87.5 cm³/mol. The first kappa shape index (κ1) is 15.8. The number of rotatable bonds is 3. The van der Waals surface area contributed by atoms with Crippen molar-refractivity contribution in [2.45, 2.75) is 25.5 Å². The first-order chi connectivity index (χ1) is 10.9. The Hall–Kier alpha value is -2.05. The van der Waals surface area contributed by atoms with E-state index in [2.05, 4.69) is 4.98 Å². The lowest BCUT2D eigenvalue weighted by molar-refractivity contribution is -0.121. The maximum Gasteiger partial charge on any atom is 0.257 e. The van der Waals surface area contributed by atoms with Gasteiger partial charge < -0.3 is 20.4 Å². The summed E-state index contributed by atoms with van der Waals surface area (Å²) in [7, 11) is 1.56. The zero-order chi connectivity index (χ0) is 16.7. The molecule has 1 fully saturated rings. The van der Waals surface area contributed by atoms with Crippen LogP contribution in [0.25, 0.3) is 10.9 Å². The first-order valence-corrected chi connectivity index (χ1v) is 7.71. The average molecular weight is 336 g/mol. The van der Waals surface area contributed by atoms with Crippen LogP contribution in [-0.4, -0.2) is 47.5 Å². The summed E-state index contributed by atoms with van der Waals surface area (Å²) in [4.78, 5) is 29.4. The number of methoxy groups -OCH3 is 1. The monoisotopic (exact) mass is 335 g/mol. The zero-order valence-corrected chi connectivity index (χ0v) is 13.7. The van der Waals surface area contributed by atoms with Crippen molar-refractivity contribution < 1.29 is 14.3 Å². The van der Waals surface area contributed by atoms with Crippen LogP contribution >= 0.6 is 11.6 Å². The van der Waals surface area contributed by atoms with Gasteiger partial charge >= 0.3 is 0 Å². The van der Waals surface area contributed by atoms with Crippen LogP contribution < -0.4 is 5.73 Å². The number of amides is 2. The SMILES string of the molecule is CO[C@H]1C[C@@H](C(N)=O)N(C(=O)c2c(C)[nH]c3ccc(Cl)cc23)C1. The van der Waals surface area contributed by atoms with E-state index in [9.17, 15) is 9.59 Å². The van der Waals surface area contributed by atoms with Crippen molar-refractivity contribution in [2.24, 2.45) is 5.73 Å². The van der Waals surface area contributed by atoms with E-state index in [0.29, 0.717) is 23.6 Å². The number of aromatic amines is 1. The second kappa shape index (κ2) is 5.86. The van der Waals surface area contributed by atoms with Crippen molar-refractivity contribution in [3.63, 3.8) is 0 Å². The summed E-state index contributed by atoms with van der Waals surface area (Å²) in [6, 6.07) is 4.68. The van der Waals surface area contributed by atoms with Gasteiger partial charge in [0.2, 0.25) is 5.91 Å². The third-order valence-corrected chi connectivity index (χ3v) is 4.58. The van der Waals surface area contributed by atoms with Crippen LogP contribution in [0.1, 0.15) is 22.5 Å². The number of aryl methyl sites for hydroxylation is 1. The van der Waals surface area contributed by atoms with Crippen LogP contribution in [0.2, 0.25) is 5.02 Å². The van der Waals surface area contributed by atoms with E-state index in [1.54, 1.807) is 19.2 Å². The molecule has 6 nitrogen and oxygen atoms in total. The quantitative estimate of drug-likeness (QED) is 0.897. The highest BCUT2D eigenvalue weighted by atomic mass is 35.5. The van der Waals surface area contributed by atoms with Gasteiger partial charge in [-0.1, -0.05) is 11.6 Å². The van der Waals surface area contributed by atoms with E-state index < -0.39 is 11.9 Å². The highest BCUT2D eigenvalue weighted by molar-refractivity contribution is 6.31. The summed E-state index contributed by atoms with van der Waals surface area (Å²) in [5.74, 6) is -0.757.